The van der Waals surface area contributed by atoms with Crippen LogP contribution < -0.4 is 5.32 Å². The molecule has 0 aliphatic rings. The Kier molecular flexibility index (Phi) is 3.47. The molecular weight excluding hydrogens is 248 g/mol. The zero-order valence-electron chi connectivity index (χ0n) is 10.9. The Morgan fingerprint density at radius 3 is 2.72 bits per heavy atom. The molecule has 0 saturated heterocycles. The Balaban J connectivity index is 2.13. The summed E-state index contributed by atoms with van der Waals surface area (Å²) in [5.74, 6) is -0.132. The van der Waals surface area contributed by atoms with Crippen LogP contribution in [0.3, 0.4) is 0 Å². The summed E-state index contributed by atoms with van der Waals surface area (Å²) in [6.07, 6.45) is 3.17. The van der Waals surface area contributed by atoms with Gasteiger partial charge in [0.1, 0.15) is 5.69 Å². The van der Waals surface area contributed by atoms with Crippen molar-refractivity contribution in [1.82, 2.24) is 19.9 Å². The molecule has 1 amide bonds. The Bertz CT molecular complexity index is 572. The predicted octanol–water partition coefficient (Wildman–Crippen LogP) is 1.98. The minimum absolute atomic E-state index is 0.0997. The number of aryl methyl sites for hydroxylation is 3. The topological polar surface area (TPSA) is 59.8 Å². The summed E-state index contributed by atoms with van der Waals surface area (Å²) >= 11 is 1.65. The summed E-state index contributed by atoms with van der Waals surface area (Å²) in [4.78, 5) is 21.6. The first-order chi connectivity index (χ1) is 8.49. The van der Waals surface area contributed by atoms with Gasteiger partial charge in [-0.3, -0.25) is 4.79 Å². The molecule has 5 nitrogen and oxygen atoms in total. The highest BCUT2D eigenvalue weighted by molar-refractivity contribution is 7.11. The zero-order chi connectivity index (χ0) is 13.3. The molecule has 0 aliphatic carbocycles. The zero-order valence-corrected chi connectivity index (χ0v) is 11.7. The van der Waals surface area contributed by atoms with Crippen molar-refractivity contribution >= 4 is 17.2 Å². The minimum atomic E-state index is -0.132. The van der Waals surface area contributed by atoms with Crippen molar-refractivity contribution in [3.05, 3.63) is 33.8 Å². The standard InChI is InChI=1S/C12H16N4OS/c1-7(11-8(2)18-9(3)15-11)14-12(17)10-5-13-6-16(10)4/h5-7H,1-4H3,(H,14,17)/t7-/m0/s1. The number of thiazole rings is 1. The van der Waals surface area contributed by atoms with E-state index in [1.165, 1.54) is 0 Å². The van der Waals surface area contributed by atoms with E-state index in [1.807, 2.05) is 20.8 Å². The number of aromatic nitrogens is 3. The molecule has 0 saturated carbocycles. The first-order valence-electron chi connectivity index (χ1n) is 5.70. The normalized spacial score (nSPS) is 12.4. The number of amides is 1. The summed E-state index contributed by atoms with van der Waals surface area (Å²) in [6, 6.07) is -0.0997. The molecule has 2 aromatic heterocycles. The Hall–Kier alpha value is -1.69. The van der Waals surface area contributed by atoms with Gasteiger partial charge in [0.05, 0.1) is 29.3 Å². The molecule has 2 aromatic rings. The van der Waals surface area contributed by atoms with E-state index in [1.54, 1.807) is 35.5 Å². The van der Waals surface area contributed by atoms with Crippen molar-refractivity contribution in [2.24, 2.45) is 7.05 Å². The number of hydrogen-bond acceptors (Lipinski definition) is 4. The number of hydrogen-bond donors (Lipinski definition) is 1. The Morgan fingerprint density at radius 1 is 1.50 bits per heavy atom. The number of nitrogens with zero attached hydrogens (tertiary/aromatic N) is 3. The first kappa shape index (κ1) is 12.8. The molecular formula is C12H16N4OS. The highest BCUT2D eigenvalue weighted by Crippen LogP contribution is 2.22. The fraction of sp³-hybridized carbons (Fsp3) is 0.417. The van der Waals surface area contributed by atoms with E-state index in [0.717, 1.165) is 15.6 Å². The average Bonchev–Trinajstić information content (AvgIpc) is 2.84. The maximum Gasteiger partial charge on any atom is 0.270 e. The molecule has 2 heterocycles. The monoisotopic (exact) mass is 264 g/mol. The molecule has 0 fully saturated rings. The lowest BCUT2D eigenvalue weighted by Gasteiger charge is -2.12. The van der Waals surface area contributed by atoms with Crippen LogP contribution in [0.5, 0.6) is 0 Å². The lowest BCUT2D eigenvalue weighted by Crippen LogP contribution is -2.28. The quantitative estimate of drug-likeness (QED) is 0.922. The van der Waals surface area contributed by atoms with E-state index < -0.39 is 0 Å². The average molecular weight is 264 g/mol. The van der Waals surface area contributed by atoms with Crippen LogP contribution in [0, 0.1) is 13.8 Å². The van der Waals surface area contributed by atoms with Gasteiger partial charge in [0.15, 0.2) is 0 Å². The molecule has 0 radical (unpaired) electrons. The van der Waals surface area contributed by atoms with Crippen LogP contribution in [0.25, 0.3) is 0 Å². The summed E-state index contributed by atoms with van der Waals surface area (Å²) in [6.45, 7) is 5.93. The number of carbonyl (C=O) groups is 1. The van der Waals surface area contributed by atoms with E-state index in [4.69, 9.17) is 0 Å². The van der Waals surface area contributed by atoms with Crippen LogP contribution in [-0.4, -0.2) is 20.4 Å². The van der Waals surface area contributed by atoms with Crippen LogP contribution in [0.2, 0.25) is 0 Å². The molecule has 0 aliphatic heterocycles. The van der Waals surface area contributed by atoms with Crippen molar-refractivity contribution < 1.29 is 4.79 Å². The third kappa shape index (κ3) is 2.43. The third-order valence-corrected chi connectivity index (χ3v) is 3.65. The van der Waals surface area contributed by atoms with Crippen molar-refractivity contribution in [1.29, 1.82) is 0 Å². The second-order valence-electron chi connectivity index (χ2n) is 4.26. The second-order valence-corrected chi connectivity index (χ2v) is 5.67. The lowest BCUT2D eigenvalue weighted by molar-refractivity contribution is 0.0931. The van der Waals surface area contributed by atoms with E-state index in [9.17, 15) is 4.79 Å². The highest BCUT2D eigenvalue weighted by Gasteiger charge is 2.17. The van der Waals surface area contributed by atoms with E-state index >= 15 is 0 Å². The number of nitrogens with one attached hydrogen (secondary N) is 1. The van der Waals surface area contributed by atoms with Gasteiger partial charge < -0.3 is 9.88 Å². The third-order valence-electron chi connectivity index (χ3n) is 2.75. The fourth-order valence-corrected chi connectivity index (χ4v) is 2.78. The smallest absolute Gasteiger partial charge is 0.270 e. The van der Waals surface area contributed by atoms with E-state index in [2.05, 4.69) is 15.3 Å². The summed E-state index contributed by atoms with van der Waals surface area (Å²) < 4.78 is 1.70. The number of carbonyl (C=O) groups excluding carboxylic acids is 1. The molecule has 1 N–H and O–H groups in total. The van der Waals surface area contributed by atoms with Crippen LogP contribution in [0.15, 0.2) is 12.5 Å². The SMILES string of the molecule is Cc1nc([C@H](C)NC(=O)c2cncn2C)c(C)s1. The highest BCUT2D eigenvalue weighted by atomic mass is 32.1. The first-order valence-corrected chi connectivity index (χ1v) is 6.51. The van der Waals surface area contributed by atoms with Gasteiger partial charge in [-0.1, -0.05) is 0 Å². The molecule has 18 heavy (non-hydrogen) atoms. The maximum atomic E-state index is 12.0. The van der Waals surface area contributed by atoms with Gasteiger partial charge in [-0.15, -0.1) is 11.3 Å². The van der Waals surface area contributed by atoms with E-state index in [-0.39, 0.29) is 11.9 Å². The molecule has 0 aromatic carbocycles. The molecule has 0 unspecified atom stereocenters. The minimum Gasteiger partial charge on any atom is -0.343 e. The largest absolute Gasteiger partial charge is 0.343 e. The van der Waals surface area contributed by atoms with Gasteiger partial charge in [0.25, 0.3) is 5.91 Å². The van der Waals surface area contributed by atoms with Crippen molar-refractivity contribution in [2.45, 2.75) is 26.8 Å². The van der Waals surface area contributed by atoms with Gasteiger partial charge >= 0.3 is 0 Å². The van der Waals surface area contributed by atoms with E-state index in [0.29, 0.717) is 5.69 Å². The van der Waals surface area contributed by atoms with Gasteiger partial charge in [0.2, 0.25) is 0 Å². The molecule has 2 rings (SSSR count). The summed E-state index contributed by atoms with van der Waals surface area (Å²) in [7, 11) is 1.80. The molecule has 6 heteroatoms. The number of imidazole rings is 1. The van der Waals surface area contributed by atoms with Crippen molar-refractivity contribution in [3.63, 3.8) is 0 Å². The molecule has 0 spiro atoms. The Morgan fingerprint density at radius 2 is 2.22 bits per heavy atom. The van der Waals surface area contributed by atoms with Gasteiger partial charge in [0, 0.05) is 11.9 Å². The van der Waals surface area contributed by atoms with Crippen LogP contribution in [0.1, 0.15) is 39.0 Å². The summed E-state index contributed by atoms with van der Waals surface area (Å²) in [5.41, 5.74) is 1.49. The second kappa shape index (κ2) is 4.89. The Labute approximate surface area is 110 Å². The van der Waals surface area contributed by atoms with Gasteiger partial charge in [-0.2, -0.15) is 0 Å². The molecule has 96 valence electrons. The lowest BCUT2D eigenvalue weighted by atomic mass is 10.2. The van der Waals surface area contributed by atoms with Crippen LogP contribution in [-0.2, 0) is 7.05 Å². The molecule has 0 bridgehead atoms. The maximum absolute atomic E-state index is 12.0. The summed E-state index contributed by atoms with van der Waals surface area (Å²) in [5, 5.41) is 3.96. The fourth-order valence-electron chi connectivity index (χ4n) is 1.86. The number of rotatable bonds is 3. The van der Waals surface area contributed by atoms with Crippen molar-refractivity contribution in [2.75, 3.05) is 0 Å². The van der Waals surface area contributed by atoms with Crippen LogP contribution in [0.4, 0.5) is 0 Å². The van der Waals surface area contributed by atoms with Crippen molar-refractivity contribution in [3.8, 4) is 0 Å². The van der Waals surface area contributed by atoms with Gasteiger partial charge in [-0.25, -0.2) is 9.97 Å². The van der Waals surface area contributed by atoms with Gasteiger partial charge in [-0.05, 0) is 20.8 Å². The molecule has 1 atom stereocenters. The predicted molar refractivity (Wildman–Crippen MR) is 70.7 cm³/mol. The van der Waals surface area contributed by atoms with Crippen LogP contribution >= 0.6 is 11.3 Å².